The van der Waals surface area contributed by atoms with Gasteiger partial charge in [0.2, 0.25) is 17.7 Å². The van der Waals surface area contributed by atoms with E-state index in [0.29, 0.717) is 12.8 Å². The predicted molar refractivity (Wildman–Crippen MR) is 132 cm³/mol. The van der Waals surface area contributed by atoms with Crippen molar-refractivity contribution in [1.82, 2.24) is 16.0 Å². The summed E-state index contributed by atoms with van der Waals surface area (Å²) < 4.78 is 0. The molecule has 0 spiro atoms. The second-order valence-corrected chi connectivity index (χ2v) is 9.10. The Hall–Kier alpha value is -2.98. The van der Waals surface area contributed by atoms with Crippen LogP contribution in [0.25, 0.3) is 0 Å². The summed E-state index contributed by atoms with van der Waals surface area (Å²) >= 11 is 0. The molecule has 0 aliphatic carbocycles. The molecule has 196 valence electrons. The summed E-state index contributed by atoms with van der Waals surface area (Å²) in [5.74, 6) is -3.72. The smallest absolute Gasteiger partial charge is 0.326 e. The van der Waals surface area contributed by atoms with E-state index in [1.165, 1.54) is 6.92 Å². The van der Waals surface area contributed by atoms with E-state index in [1.54, 1.807) is 38.1 Å². The van der Waals surface area contributed by atoms with Crippen molar-refractivity contribution in [3.8, 4) is 0 Å². The van der Waals surface area contributed by atoms with Crippen LogP contribution in [-0.2, 0) is 25.6 Å². The van der Waals surface area contributed by atoms with Crippen LogP contribution in [0.1, 0.15) is 53.0 Å². The number of aliphatic hydroxyl groups excluding tert-OH is 1. The minimum absolute atomic E-state index is 0.111. The van der Waals surface area contributed by atoms with Crippen molar-refractivity contribution >= 4 is 23.7 Å². The van der Waals surface area contributed by atoms with Crippen LogP contribution in [0.4, 0.5) is 0 Å². The lowest BCUT2D eigenvalue weighted by Gasteiger charge is -2.28. The lowest BCUT2D eigenvalue weighted by molar-refractivity contribution is -0.144. The Bertz CT molecular complexity index is 848. The molecule has 1 rings (SSSR count). The lowest BCUT2D eigenvalue weighted by atomic mass is 9.97. The number of carboxylic acids is 1. The van der Waals surface area contributed by atoms with Gasteiger partial charge in [-0.25, -0.2) is 4.79 Å². The molecule has 0 saturated heterocycles. The Morgan fingerprint density at radius 1 is 0.829 bits per heavy atom. The Balaban J connectivity index is 3.10. The van der Waals surface area contributed by atoms with Gasteiger partial charge in [-0.15, -0.1) is 0 Å². The van der Waals surface area contributed by atoms with Crippen molar-refractivity contribution in [3.63, 3.8) is 0 Å². The normalized spacial score (nSPS) is 17.1. The highest BCUT2D eigenvalue weighted by atomic mass is 16.4. The number of amides is 3. The highest BCUT2D eigenvalue weighted by molar-refractivity contribution is 5.94. The number of carboxylic acid groups (broad SMARTS) is 1. The maximum absolute atomic E-state index is 13.2. The molecule has 0 saturated carbocycles. The molecule has 0 aliphatic rings. The molecule has 0 radical (unpaired) electrons. The molecule has 7 atom stereocenters. The third kappa shape index (κ3) is 9.29. The number of hydrogen-bond acceptors (Lipinski definition) is 6. The monoisotopic (exact) mass is 492 g/mol. The van der Waals surface area contributed by atoms with Crippen LogP contribution in [0.15, 0.2) is 30.3 Å². The molecular weight excluding hydrogens is 452 g/mol. The first-order chi connectivity index (χ1) is 16.4. The Morgan fingerprint density at radius 2 is 1.37 bits per heavy atom. The summed E-state index contributed by atoms with van der Waals surface area (Å²) in [6.07, 6.45) is -0.00889. The maximum Gasteiger partial charge on any atom is 0.326 e. The van der Waals surface area contributed by atoms with Gasteiger partial charge in [0, 0.05) is 6.42 Å². The number of carbonyl (C=O) groups excluding carboxylic acids is 3. The largest absolute Gasteiger partial charge is 0.480 e. The molecule has 1 aromatic rings. The molecule has 10 heteroatoms. The van der Waals surface area contributed by atoms with E-state index in [9.17, 15) is 29.4 Å². The SMILES string of the molecule is CCC(C)C(N)C(=O)NC(Cc1ccccc1)C(=O)NC(C(=O)NC(C(=O)O)C(C)CC)C(C)O. The standard InChI is InChI=1S/C25H40N4O6/c1-6-14(3)19(26)23(32)27-18(13-17-11-9-8-10-12-17)22(31)29-21(16(5)30)24(33)28-20(25(34)35)15(4)7-2/h8-12,14-16,18-21,30H,6-7,13,26H2,1-5H3,(H,27,32)(H,28,33)(H,29,31)(H,34,35). The number of hydrogen-bond donors (Lipinski definition) is 6. The Labute approximate surface area is 207 Å². The second kappa shape index (κ2) is 14.4. The number of carbonyl (C=O) groups is 4. The van der Waals surface area contributed by atoms with Crippen LogP contribution in [0.5, 0.6) is 0 Å². The lowest BCUT2D eigenvalue weighted by Crippen LogP contribution is -2.61. The molecule has 0 aromatic heterocycles. The van der Waals surface area contributed by atoms with Crippen molar-refractivity contribution < 1.29 is 29.4 Å². The van der Waals surface area contributed by atoms with Gasteiger partial charge in [0.05, 0.1) is 12.1 Å². The third-order valence-corrected chi connectivity index (χ3v) is 6.31. The van der Waals surface area contributed by atoms with Gasteiger partial charge in [-0.1, -0.05) is 70.9 Å². The van der Waals surface area contributed by atoms with Crippen molar-refractivity contribution in [3.05, 3.63) is 35.9 Å². The quantitative estimate of drug-likeness (QED) is 0.220. The summed E-state index contributed by atoms with van der Waals surface area (Å²) in [4.78, 5) is 50.4. The summed E-state index contributed by atoms with van der Waals surface area (Å²) in [6, 6.07) is 4.50. The van der Waals surface area contributed by atoms with E-state index in [0.717, 1.165) is 5.56 Å². The molecule has 3 amide bonds. The number of nitrogens with two attached hydrogens (primary N) is 1. The summed E-state index contributed by atoms with van der Waals surface area (Å²) in [5, 5.41) is 27.2. The molecule has 0 heterocycles. The van der Waals surface area contributed by atoms with E-state index < -0.39 is 54.0 Å². The molecule has 0 bridgehead atoms. The number of aliphatic carboxylic acids is 1. The van der Waals surface area contributed by atoms with Crippen LogP contribution < -0.4 is 21.7 Å². The number of aliphatic hydroxyl groups is 1. The van der Waals surface area contributed by atoms with Crippen molar-refractivity contribution in [2.24, 2.45) is 17.6 Å². The average molecular weight is 493 g/mol. The molecule has 1 aromatic carbocycles. The van der Waals surface area contributed by atoms with Crippen LogP contribution in [0.2, 0.25) is 0 Å². The molecule has 35 heavy (non-hydrogen) atoms. The van der Waals surface area contributed by atoms with Crippen LogP contribution in [0.3, 0.4) is 0 Å². The van der Waals surface area contributed by atoms with Gasteiger partial charge < -0.3 is 31.9 Å². The van der Waals surface area contributed by atoms with Crippen molar-refractivity contribution in [2.45, 2.75) is 84.2 Å². The fraction of sp³-hybridized carbons (Fsp3) is 0.600. The Kier molecular flexibility index (Phi) is 12.4. The third-order valence-electron chi connectivity index (χ3n) is 6.31. The second-order valence-electron chi connectivity index (χ2n) is 9.10. The number of rotatable bonds is 14. The average Bonchev–Trinajstić information content (AvgIpc) is 2.83. The minimum Gasteiger partial charge on any atom is -0.480 e. The zero-order valence-electron chi connectivity index (χ0n) is 21.2. The zero-order valence-corrected chi connectivity index (χ0v) is 21.2. The molecule has 0 fully saturated rings. The first kappa shape index (κ1) is 30.1. The minimum atomic E-state index is -1.42. The van der Waals surface area contributed by atoms with Crippen LogP contribution >= 0.6 is 0 Å². The molecule has 7 N–H and O–H groups in total. The molecule has 10 nitrogen and oxygen atoms in total. The highest BCUT2D eigenvalue weighted by Gasteiger charge is 2.34. The van der Waals surface area contributed by atoms with Gasteiger partial charge >= 0.3 is 5.97 Å². The summed E-state index contributed by atoms with van der Waals surface area (Å²) in [7, 11) is 0. The summed E-state index contributed by atoms with van der Waals surface area (Å²) in [6.45, 7) is 8.53. The highest BCUT2D eigenvalue weighted by Crippen LogP contribution is 2.10. The van der Waals surface area contributed by atoms with E-state index in [1.807, 2.05) is 19.9 Å². The Morgan fingerprint density at radius 3 is 1.86 bits per heavy atom. The number of benzene rings is 1. The fourth-order valence-electron chi connectivity index (χ4n) is 3.42. The molecular formula is C25H40N4O6. The van der Waals surface area contributed by atoms with Crippen LogP contribution in [0, 0.1) is 11.8 Å². The molecule has 7 unspecified atom stereocenters. The van der Waals surface area contributed by atoms with E-state index in [4.69, 9.17) is 5.73 Å². The number of nitrogens with one attached hydrogen (secondary N) is 3. The maximum atomic E-state index is 13.2. The van der Waals surface area contributed by atoms with E-state index in [-0.39, 0.29) is 18.3 Å². The predicted octanol–water partition coefficient (Wildman–Crippen LogP) is 0.568. The van der Waals surface area contributed by atoms with E-state index >= 15 is 0 Å². The zero-order chi connectivity index (χ0) is 26.7. The van der Waals surface area contributed by atoms with Gasteiger partial charge in [-0.2, -0.15) is 0 Å². The first-order valence-corrected chi connectivity index (χ1v) is 12.0. The fourth-order valence-corrected chi connectivity index (χ4v) is 3.42. The topological polar surface area (TPSA) is 171 Å². The van der Waals surface area contributed by atoms with E-state index in [2.05, 4.69) is 16.0 Å². The van der Waals surface area contributed by atoms with Crippen molar-refractivity contribution in [2.75, 3.05) is 0 Å². The van der Waals surface area contributed by atoms with Crippen molar-refractivity contribution in [1.29, 1.82) is 0 Å². The van der Waals surface area contributed by atoms with Gasteiger partial charge in [0.15, 0.2) is 0 Å². The first-order valence-electron chi connectivity index (χ1n) is 12.0. The summed E-state index contributed by atoms with van der Waals surface area (Å²) in [5.41, 5.74) is 6.80. The van der Waals surface area contributed by atoms with Gasteiger partial charge in [-0.3, -0.25) is 14.4 Å². The van der Waals surface area contributed by atoms with Gasteiger partial charge in [0.25, 0.3) is 0 Å². The van der Waals surface area contributed by atoms with Crippen LogP contribution in [-0.4, -0.2) is 64.2 Å². The molecule has 0 aliphatic heterocycles. The van der Waals surface area contributed by atoms with Gasteiger partial charge in [0.1, 0.15) is 18.1 Å². The van der Waals surface area contributed by atoms with Gasteiger partial charge in [-0.05, 0) is 24.3 Å².